The van der Waals surface area contributed by atoms with Crippen LogP contribution in [0, 0.1) is 17.7 Å². The van der Waals surface area contributed by atoms with E-state index >= 15 is 0 Å². The van der Waals surface area contributed by atoms with Gasteiger partial charge in [-0.3, -0.25) is 9.67 Å². The van der Waals surface area contributed by atoms with Crippen molar-refractivity contribution in [2.24, 2.45) is 13.0 Å². The van der Waals surface area contributed by atoms with E-state index in [1.807, 2.05) is 6.07 Å². The second-order valence-corrected chi connectivity index (χ2v) is 8.46. The third kappa shape index (κ3) is 3.73. The first-order valence-corrected chi connectivity index (χ1v) is 10.6. The van der Waals surface area contributed by atoms with Gasteiger partial charge < -0.3 is 5.73 Å². The molecule has 32 heavy (non-hydrogen) atoms. The first kappa shape index (κ1) is 20.6. The SMILES string of the molecule is Cn1nnc(F)c1-c1cnn(C(CC2CC2)c2ccc(-c3c(N)ccc(Cl)c3F)cn2)c1. The summed E-state index contributed by atoms with van der Waals surface area (Å²) in [7, 11) is 1.63. The zero-order chi connectivity index (χ0) is 22.4. The molecule has 10 heteroatoms. The maximum absolute atomic E-state index is 14.6. The van der Waals surface area contributed by atoms with Gasteiger partial charge in [-0.25, -0.2) is 9.07 Å². The van der Waals surface area contributed by atoms with Crippen LogP contribution in [0.25, 0.3) is 22.4 Å². The van der Waals surface area contributed by atoms with Crippen LogP contribution < -0.4 is 5.73 Å². The molecule has 1 saturated carbocycles. The monoisotopic (exact) mass is 455 g/mol. The first-order chi connectivity index (χ1) is 15.4. The molecule has 1 aliphatic carbocycles. The van der Waals surface area contributed by atoms with Crippen molar-refractivity contribution >= 4 is 17.3 Å². The van der Waals surface area contributed by atoms with Crippen LogP contribution in [0.5, 0.6) is 0 Å². The number of nitrogens with zero attached hydrogens (tertiary/aromatic N) is 6. The highest BCUT2D eigenvalue weighted by Crippen LogP contribution is 2.40. The maximum atomic E-state index is 14.6. The fraction of sp³-hybridized carbons (Fsp3) is 0.273. The zero-order valence-corrected chi connectivity index (χ0v) is 18.0. The van der Waals surface area contributed by atoms with Gasteiger partial charge >= 0.3 is 0 Å². The number of benzene rings is 1. The van der Waals surface area contributed by atoms with E-state index < -0.39 is 11.8 Å². The van der Waals surface area contributed by atoms with Gasteiger partial charge in [0.05, 0.1) is 23.0 Å². The average Bonchev–Trinajstić information content (AvgIpc) is 3.38. The topological polar surface area (TPSA) is 87.4 Å². The Hall–Kier alpha value is -3.33. The normalized spacial score (nSPS) is 14.6. The molecule has 5 rings (SSSR count). The van der Waals surface area contributed by atoms with Crippen LogP contribution in [0.3, 0.4) is 0 Å². The molecule has 4 aromatic rings. The maximum Gasteiger partial charge on any atom is 0.260 e. The van der Waals surface area contributed by atoms with Crippen molar-refractivity contribution in [1.29, 1.82) is 0 Å². The highest BCUT2D eigenvalue weighted by Gasteiger charge is 2.29. The second kappa shape index (κ2) is 7.98. The smallest absolute Gasteiger partial charge is 0.260 e. The quantitative estimate of drug-likeness (QED) is 0.428. The molecule has 2 N–H and O–H groups in total. The highest BCUT2D eigenvalue weighted by atomic mass is 35.5. The van der Waals surface area contributed by atoms with Gasteiger partial charge in [0.25, 0.3) is 5.95 Å². The number of halogens is 3. The van der Waals surface area contributed by atoms with Gasteiger partial charge in [0.1, 0.15) is 5.69 Å². The number of pyridine rings is 1. The molecule has 3 heterocycles. The summed E-state index contributed by atoms with van der Waals surface area (Å²) in [4.78, 5) is 4.60. The summed E-state index contributed by atoms with van der Waals surface area (Å²) in [6.07, 6.45) is 8.14. The highest BCUT2D eigenvalue weighted by molar-refractivity contribution is 6.31. The summed E-state index contributed by atoms with van der Waals surface area (Å²) in [5.74, 6) is -0.626. The van der Waals surface area contributed by atoms with Gasteiger partial charge in [-0.2, -0.15) is 9.49 Å². The lowest BCUT2D eigenvalue weighted by Gasteiger charge is -2.18. The molecule has 164 valence electrons. The molecule has 1 aromatic carbocycles. The Bertz CT molecular complexity index is 1260. The Morgan fingerprint density at radius 2 is 1.97 bits per heavy atom. The predicted octanol–water partition coefficient (Wildman–Crippen LogP) is 4.64. The number of hydrogen-bond donors (Lipinski definition) is 1. The summed E-state index contributed by atoms with van der Waals surface area (Å²) in [6.45, 7) is 0. The lowest BCUT2D eigenvalue weighted by atomic mass is 10.0. The fourth-order valence-electron chi connectivity index (χ4n) is 3.91. The standard InChI is InChI=1S/C22H20ClF2N7/c1-31-21(22(25)29-30-31)14-10-28-32(11-14)18(8-12-2-3-12)17-7-4-13(9-27-17)19-16(26)6-5-15(23)20(19)24/h4-7,9-12,18H,2-3,8,26H2,1H3. The zero-order valence-electron chi connectivity index (χ0n) is 17.2. The molecule has 0 bridgehead atoms. The predicted molar refractivity (Wildman–Crippen MR) is 117 cm³/mol. The molecule has 0 aliphatic heterocycles. The third-order valence-electron chi connectivity index (χ3n) is 5.78. The Kier molecular flexibility index (Phi) is 5.13. The number of hydrogen-bond acceptors (Lipinski definition) is 5. The van der Waals surface area contributed by atoms with Crippen molar-refractivity contribution in [2.45, 2.75) is 25.3 Å². The van der Waals surface area contributed by atoms with Crippen molar-refractivity contribution in [1.82, 2.24) is 29.8 Å². The number of aromatic nitrogens is 6. The van der Waals surface area contributed by atoms with E-state index in [0.29, 0.717) is 22.7 Å². The Labute approximate surface area is 187 Å². The van der Waals surface area contributed by atoms with E-state index in [2.05, 4.69) is 20.4 Å². The molecule has 1 aliphatic rings. The van der Waals surface area contributed by atoms with Crippen molar-refractivity contribution < 1.29 is 8.78 Å². The van der Waals surface area contributed by atoms with Gasteiger partial charge in [0, 0.05) is 41.8 Å². The number of nitrogen functional groups attached to an aromatic ring is 1. The van der Waals surface area contributed by atoms with Crippen LogP contribution in [0.4, 0.5) is 14.5 Å². The van der Waals surface area contributed by atoms with E-state index in [1.54, 1.807) is 42.5 Å². The number of nitrogens with two attached hydrogens (primary N) is 1. The van der Waals surface area contributed by atoms with Crippen molar-refractivity contribution in [3.8, 4) is 22.4 Å². The van der Waals surface area contributed by atoms with Crippen molar-refractivity contribution in [2.75, 3.05) is 5.73 Å². The van der Waals surface area contributed by atoms with Crippen molar-refractivity contribution in [3.05, 3.63) is 65.3 Å². The van der Waals surface area contributed by atoms with Crippen LogP contribution in [0.15, 0.2) is 42.9 Å². The molecule has 3 aromatic heterocycles. The molecule has 0 radical (unpaired) electrons. The van der Waals surface area contributed by atoms with Crippen LogP contribution >= 0.6 is 11.6 Å². The molecule has 7 nitrogen and oxygen atoms in total. The first-order valence-electron chi connectivity index (χ1n) is 10.2. The minimum absolute atomic E-state index is 0.00541. The third-order valence-corrected chi connectivity index (χ3v) is 6.07. The molecule has 0 spiro atoms. The van der Waals surface area contributed by atoms with Gasteiger partial charge in [0.2, 0.25) is 0 Å². The summed E-state index contributed by atoms with van der Waals surface area (Å²) in [5.41, 5.74) is 8.68. The average molecular weight is 456 g/mol. The Morgan fingerprint density at radius 3 is 2.62 bits per heavy atom. The van der Waals surface area contributed by atoms with Gasteiger partial charge in [-0.05, 0) is 30.5 Å². The van der Waals surface area contributed by atoms with Gasteiger partial charge in [-0.1, -0.05) is 40.8 Å². The van der Waals surface area contributed by atoms with E-state index in [9.17, 15) is 8.78 Å². The number of aryl methyl sites for hydroxylation is 1. The Balaban J connectivity index is 1.49. The molecule has 1 atom stereocenters. The van der Waals surface area contributed by atoms with Crippen LogP contribution in [-0.4, -0.2) is 29.8 Å². The molecule has 0 amide bonds. The molecule has 0 saturated heterocycles. The minimum atomic E-state index is -0.644. The fourth-order valence-corrected chi connectivity index (χ4v) is 4.07. The van der Waals surface area contributed by atoms with Crippen LogP contribution in [0.1, 0.15) is 31.0 Å². The van der Waals surface area contributed by atoms with Crippen LogP contribution in [-0.2, 0) is 7.05 Å². The lowest BCUT2D eigenvalue weighted by Crippen LogP contribution is -2.13. The Morgan fingerprint density at radius 1 is 1.16 bits per heavy atom. The van der Waals surface area contributed by atoms with Gasteiger partial charge in [0.15, 0.2) is 5.82 Å². The minimum Gasteiger partial charge on any atom is -0.398 e. The molecule has 1 unspecified atom stereocenters. The second-order valence-electron chi connectivity index (χ2n) is 8.05. The molecular weight excluding hydrogens is 436 g/mol. The van der Waals surface area contributed by atoms with E-state index in [1.165, 1.54) is 10.7 Å². The van der Waals surface area contributed by atoms with Crippen molar-refractivity contribution in [3.63, 3.8) is 0 Å². The number of rotatable bonds is 6. The molecular formula is C22H20ClF2N7. The van der Waals surface area contributed by atoms with Gasteiger partial charge in [-0.15, -0.1) is 0 Å². The van der Waals surface area contributed by atoms with E-state index in [-0.39, 0.29) is 22.3 Å². The molecule has 1 fully saturated rings. The van der Waals surface area contributed by atoms with Crippen LogP contribution in [0.2, 0.25) is 5.02 Å². The summed E-state index contributed by atoms with van der Waals surface area (Å²) in [6, 6.07) is 6.48. The largest absolute Gasteiger partial charge is 0.398 e. The number of anilines is 1. The van der Waals surface area contributed by atoms with E-state index in [0.717, 1.165) is 25.0 Å². The lowest BCUT2D eigenvalue weighted by molar-refractivity contribution is 0.455. The summed E-state index contributed by atoms with van der Waals surface area (Å²) >= 11 is 5.93. The summed E-state index contributed by atoms with van der Waals surface area (Å²) < 4.78 is 31.8. The summed E-state index contributed by atoms with van der Waals surface area (Å²) in [5, 5.41) is 11.7. The van der Waals surface area contributed by atoms with E-state index in [4.69, 9.17) is 17.3 Å².